The number of benzene rings is 1. The van der Waals surface area contributed by atoms with Crippen molar-refractivity contribution in [1.29, 1.82) is 0 Å². The molecule has 1 unspecified atom stereocenters. The highest BCUT2D eigenvalue weighted by molar-refractivity contribution is 5.78. The molecule has 128 valence electrons. The van der Waals surface area contributed by atoms with Crippen molar-refractivity contribution in [3.8, 4) is 0 Å². The van der Waals surface area contributed by atoms with Gasteiger partial charge in [-0.15, -0.1) is 0 Å². The van der Waals surface area contributed by atoms with Gasteiger partial charge in [0.15, 0.2) is 0 Å². The van der Waals surface area contributed by atoms with E-state index in [1.54, 1.807) is 0 Å². The summed E-state index contributed by atoms with van der Waals surface area (Å²) in [4.78, 5) is 14.6. The smallest absolute Gasteiger partial charge is 0.234 e. The Morgan fingerprint density at radius 3 is 2.61 bits per heavy atom. The maximum atomic E-state index is 12.4. The molecule has 0 spiro atoms. The lowest BCUT2D eigenvalue weighted by Gasteiger charge is -2.30. The largest absolute Gasteiger partial charge is 0.396 e. The molecule has 1 saturated carbocycles. The topological polar surface area (TPSA) is 52.6 Å². The van der Waals surface area contributed by atoms with Gasteiger partial charge in [-0.1, -0.05) is 49.6 Å². The summed E-state index contributed by atoms with van der Waals surface area (Å²) in [6.45, 7) is 3.36. The predicted molar refractivity (Wildman–Crippen MR) is 93.0 cm³/mol. The highest BCUT2D eigenvalue weighted by Crippen LogP contribution is 2.17. The van der Waals surface area contributed by atoms with Crippen LogP contribution in [0.15, 0.2) is 30.3 Å². The third-order valence-electron chi connectivity index (χ3n) is 4.72. The molecule has 0 bridgehead atoms. The van der Waals surface area contributed by atoms with Crippen LogP contribution in [0.2, 0.25) is 0 Å². The summed E-state index contributed by atoms with van der Waals surface area (Å²) in [6, 6.07) is 10.7. The second-order valence-corrected chi connectivity index (χ2v) is 6.65. The molecule has 1 aromatic rings. The standard InChI is InChI=1S/C19H30N2O2/c1-16(12-13-22)21(14-17-8-4-2-5-9-17)15-19(23)20-18-10-6-3-7-11-18/h2,4-5,8-9,16,18,22H,3,6-7,10-15H2,1H3,(H,20,23). The molecular formula is C19H30N2O2. The van der Waals surface area contributed by atoms with Crippen LogP contribution in [0, 0.1) is 0 Å². The van der Waals surface area contributed by atoms with Crippen molar-refractivity contribution in [2.45, 2.75) is 64.1 Å². The van der Waals surface area contributed by atoms with Crippen molar-refractivity contribution in [1.82, 2.24) is 10.2 Å². The summed E-state index contributed by atoms with van der Waals surface area (Å²) < 4.78 is 0. The second kappa shape index (κ2) is 9.68. The molecule has 23 heavy (non-hydrogen) atoms. The molecule has 1 aromatic carbocycles. The fourth-order valence-electron chi connectivity index (χ4n) is 3.26. The van der Waals surface area contributed by atoms with Gasteiger partial charge in [0, 0.05) is 25.2 Å². The Hall–Kier alpha value is -1.39. The molecule has 2 N–H and O–H groups in total. The summed E-state index contributed by atoms with van der Waals surface area (Å²) in [7, 11) is 0. The monoisotopic (exact) mass is 318 g/mol. The zero-order valence-electron chi connectivity index (χ0n) is 14.2. The number of nitrogens with zero attached hydrogens (tertiary/aromatic N) is 1. The van der Waals surface area contributed by atoms with Crippen LogP contribution in [-0.4, -0.2) is 41.1 Å². The molecule has 2 rings (SSSR count). The van der Waals surface area contributed by atoms with Crippen molar-refractivity contribution in [3.63, 3.8) is 0 Å². The number of nitrogens with one attached hydrogen (secondary N) is 1. The van der Waals surface area contributed by atoms with Gasteiger partial charge in [-0.05, 0) is 31.7 Å². The van der Waals surface area contributed by atoms with Gasteiger partial charge in [-0.25, -0.2) is 0 Å². The minimum Gasteiger partial charge on any atom is -0.396 e. The third kappa shape index (κ3) is 6.32. The minimum absolute atomic E-state index is 0.109. The zero-order chi connectivity index (χ0) is 16.5. The van der Waals surface area contributed by atoms with Gasteiger partial charge < -0.3 is 10.4 Å². The van der Waals surface area contributed by atoms with E-state index in [0.717, 1.165) is 19.4 Å². The first kappa shape index (κ1) is 18.0. The Labute approximate surface area is 139 Å². The third-order valence-corrected chi connectivity index (χ3v) is 4.72. The van der Waals surface area contributed by atoms with Crippen LogP contribution in [0.1, 0.15) is 51.0 Å². The molecule has 1 aliphatic rings. The summed E-state index contributed by atoms with van der Waals surface area (Å²) in [5, 5.41) is 12.4. The lowest BCUT2D eigenvalue weighted by molar-refractivity contribution is -0.123. The van der Waals surface area contributed by atoms with Gasteiger partial charge in [0.25, 0.3) is 0 Å². The highest BCUT2D eigenvalue weighted by atomic mass is 16.3. The van der Waals surface area contributed by atoms with Gasteiger partial charge >= 0.3 is 0 Å². The number of hydrogen-bond acceptors (Lipinski definition) is 3. The first-order valence-corrected chi connectivity index (χ1v) is 8.87. The Morgan fingerprint density at radius 2 is 1.96 bits per heavy atom. The highest BCUT2D eigenvalue weighted by Gasteiger charge is 2.20. The summed E-state index contributed by atoms with van der Waals surface area (Å²) in [5.74, 6) is 0.109. The molecule has 4 heteroatoms. The lowest BCUT2D eigenvalue weighted by atomic mass is 9.95. The Balaban J connectivity index is 1.91. The molecule has 0 aliphatic heterocycles. The van der Waals surface area contributed by atoms with E-state index >= 15 is 0 Å². The lowest BCUT2D eigenvalue weighted by Crippen LogP contribution is -2.45. The van der Waals surface area contributed by atoms with Crippen LogP contribution in [0.4, 0.5) is 0 Å². The van der Waals surface area contributed by atoms with Gasteiger partial charge in [0.05, 0.1) is 6.54 Å². The summed E-state index contributed by atoms with van der Waals surface area (Å²) >= 11 is 0. The minimum atomic E-state index is 0.109. The second-order valence-electron chi connectivity index (χ2n) is 6.65. The maximum Gasteiger partial charge on any atom is 0.234 e. The molecular weight excluding hydrogens is 288 g/mol. The molecule has 1 aliphatic carbocycles. The SMILES string of the molecule is CC(CCO)N(CC(=O)NC1CCCCC1)Cc1ccccc1. The number of aliphatic hydroxyl groups excluding tert-OH is 1. The first-order valence-electron chi connectivity index (χ1n) is 8.87. The normalized spacial score (nSPS) is 17.2. The van der Waals surface area contributed by atoms with E-state index in [1.165, 1.54) is 24.8 Å². The zero-order valence-corrected chi connectivity index (χ0v) is 14.2. The molecule has 0 aromatic heterocycles. The fourth-order valence-corrected chi connectivity index (χ4v) is 3.26. The van der Waals surface area contributed by atoms with Crippen molar-refractivity contribution in [2.75, 3.05) is 13.2 Å². The van der Waals surface area contributed by atoms with E-state index in [0.29, 0.717) is 19.0 Å². The quantitative estimate of drug-likeness (QED) is 0.775. The molecule has 0 saturated heterocycles. The van der Waals surface area contributed by atoms with Crippen LogP contribution in [0.25, 0.3) is 0 Å². The van der Waals surface area contributed by atoms with E-state index in [2.05, 4.69) is 29.3 Å². The van der Waals surface area contributed by atoms with Crippen molar-refractivity contribution in [3.05, 3.63) is 35.9 Å². The Kier molecular flexibility index (Phi) is 7.56. The first-order chi connectivity index (χ1) is 11.2. The van der Waals surface area contributed by atoms with E-state index < -0.39 is 0 Å². The van der Waals surface area contributed by atoms with Gasteiger partial charge in [-0.2, -0.15) is 0 Å². The molecule has 1 fully saturated rings. The number of hydrogen-bond donors (Lipinski definition) is 2. The van der Waals surface area contributed by atoms with Crippen molar-refractivity contribution in [2.24, 2.45) is 0 Å². The number of amides is 1. The van der Waals surface area contributed by atoms with E-state index in [1.807, 2.05) is 18.2 Å². The van der Waals surface area contributed by atoms with E-state index in [-0.39, 0.29) is 18.6 Å². The van der Waals surface area contributed by atoms with Gasteiger partial charge in [-0.3, -0.25) is 9.69 Å². The van der Waals surface area contributed by atoms with Crippen LogP contribution >= 0.6 is 0 Å². The van der Waals surface area contributed by atoms with Crippen molar-refractivity contribution >= 4 is 5.91 Å². The number of rotatable bonds is 8. The van der Waals surface area contributed by atoms with Crippen molar-refractivity contribution < 1.29 is 9.90 Å². The summed E-state index contributed by atoms with van der Waals surface area (Å²) in [6.07, 6.45) is 6.63. The number of aliphatic hydroxyl groups is 1. The van der Waals surface area contributed by atoms with Crippen LogP contribution in [0.5, 0.6) is 0 Å². The Morgan fingerprint density at radius 1 is 1.26 bits per heavy atom. The predicted octanol–water partition coefficient (Wildman–Crippen LogP) is 2.71. The molecule has 1 amide bonds. The molecule has 4 nitrogen and oxygen atoms in total. The number of carbonyl (C=O) groups excluding carboxylic acids is 1. The van der Waals surface area contributed by atoms with Crippen LogP contribution in [0.3, 0.4) is 0 Å². The van der Waals surface area contributed by atoms with E-state index in [4.69, 9.17) is 0 Å². The van der Waals surface area contributed by atoms with Crippen LogP contribution in [-0.2, 0) is 11.3 Å². The summed E-state index contributed by atoms with van der Waals surface area (Å²) in [5.41, 5.74) is 1.20. The molecule has 1 atom stereocenters. The number of carbonyl (C=O) groups is 1. The van der Waals surface area contributed by atoms with Gasteiger partial charge in [0.1, 0.15) is 0 Å². The molecule has 0 radical (unpaired) electrons. The average molecular weight is 318 g/mol. The van der Waals surface area contributed by atoms with Gasteiger partial charge in [0.2, 0.25) is 5.91 Å². The Bertz CT molecular complexity index is 458. The average Bonchev–Trinajstić information content (AvgIpc) is 2.56. The molecule has 0 heterocycles. The van der Waals surface area contributed by atoms with Crippen LogP contribution < -0.4 is 5.32 Å². The fraction of sp³-hybridized carbons (Fsp3) is 0.632. The van der Waals surface area contributed by atoms with E-state index in [9.17, 15) is 9.90 Å². The maximum absolute atomic E-state index is 12.4.